The summed E-state index contributed by atoms with van der Waals surface area (Å²) in [7, 11) is 1.73. The van der Waals surface area contributed by atoms with Gasteiger partial charge in [0.15, 0.2) is 0 Å². The fourth-order valence-electron chi connectivity index (χ4n) is 2.75. The summed E-state index contributed by atoms with van der Waals surface area (Å²) in [6.07, 6.45) is 3.59. The highest BCUT2D eigenvalue weighted by molar-refractivity contribution is 7.10. The molecule has 7 heteroatoms. The molecule has 1 saturated heterocycles. The van der Waals surface area contributed by atoms with Crippen molar-refractivity contribution in [3.8, 4) is 0 Å². The average molecular weight is 316 g/mol. The van der Waals surface area contributed by atoms with Gasteiger partial charge < -0.3 is 10.2 Å². The maximum absolute atomic E-state index is 12.6. The van der Waals surface area contributed by atoms with Gasteiger partial charge >= 0.3 is 0 Å². The molecule has 0 bridgehead atoms. The van der Waals surface area contributed by atoms with Gasteiger partial charge in [-0.1, -0.05) is 6.07 Å². The molecule has 3 rings (SSSR count). The number of hydrogen-bond donors (Lipinski definition) is 1. The van der Waals surface area contributed by atoms with Crippen LogP contribution in [0.4, 0.5) is 5.00 Å². The van der Waals surface area contributed by atoms with Crippen LogP contribution < -0.4 is 5.32 Å². The van der Waals surface area contributed by atoms with Gasteiger partial charge in [-0.25, -0.2) is 0 Å². The summed E-state index contributed by atoms with van der Waals surface area (Å²) in [5.41, 5.74) is 1.74. The maximum Gasteiger partial charge on any atom is 0.231 e. The van der Waals surface area contributed by atoms with E-state index in [1.165, 1.54) is 11.5 Å². The first kappa shape index (κ1) is 14.6. The van der Waals surface area contributed by atoms with Crippen molar-refractivity contribution in [2.75, 3.05) is 12.4 Å². The summed E-state index contributed by atoms with van der Waals surface area (Å²) >= 11 is 1.24. The minimum absolute atomic E-state index is 0.0329. The van der Waals surface area contributed by atoms with Gasteiger partial charge in [-0.05, 0) is 36.2 Å². The van der Waals surface area contributed by atoms with Gasteiger partial charge in [-0.2, -0.15) is 4.37 Å². The van der Waals surface area contributed by atoms with E-state index >= 15 is 0 Å². The fraction of sp³-hybridized carbons (Fsp3) is 0.333. The van der Waals surface area contributed by atoms with Crippen LogP contribution in [0.3, 0.4) is 0 Å². The van der Waals surface area contributed by atoms with E-state index in [0.29, 0.717) is 5.00 Å². The molecule has 0 aromatic carbocycles. The number of rotatable bonds is 3. The summed E-state index contributed by atoms with van der Waals surface area (Å²) in [6, 6.07) is 5.25. The monoisotopic (exact) mass is 316 g/mol. The number of nitrogens with zero attached hydrogens (tertiary/aromatic N) is 3. The van der Waals surface area contributed by atoms with Gasteiger partial charge in [0, 0.05) is 25.9 Å². The average Bonchev–Trinajstić information content (AvgIpc) is 3.04. The topological polar surface area (TPSA) is 75.2 Å². The van der Waals surface area contributed by atoms with Crippen molar-refractivity contribution in [2.45, 2.75) is 19.4 Å². The Labute approximate surface area is 132 Å². The Morgan fingerprint density at radius 1 is 1.50 bits per heavy atom. The molecular formula is C15H16N4O2S. The maximum atomic E-state index is 12.6. The molecule has 1 aliphatic heterocycles. The summed E-state index contributed by atoms with van der Waals surface area (Å²) < 4.78 is 4.14. The number of pyridine rings is 1. The largest absolute Gasteiger partial charge is 0.338 e. The lowest BCUT2D eigenvalue weighted by Crippen LogP contribution is -2.29. The second kappa shape index (κ2) is 5.84. The molecule has 1 fully saturated rings. The minimum atomic E-state index is -0.427. The molecule has 1 N–H and O–H groups in total. The number of likely N-dealkylation sites (tertiary alicyclic amines) is 1. The third-order valence-corrected chi connectivity index (χ3v) is 4.62. The highest BCUT2D eigenvalue weighted by Gasteiger charge is 2.42. The zero-order chi connectivity index (χ0) is 15.7. The molecule has 2 aromatic rings. The molecule has 22 heavy (non-hydrogen) atoms. The molecule has 0 unspecified atom stereocenters. The zero-order valence-corrected chi connectivity index (χ0v) is 13.1. The van der Waals surface area contributed by atoms with Gasteiger partial charge in [0.2, 0.25) is 11.8 Å². The van der Waals surface area contributed by atoms with Gasteiger partial charge in [0.05, 0.1) is 17.7 Å². The standard InChI is InChI=1S/C15H16N4O2S/c1-9-6-12(22-18-9)17-15(21)11-7-13(20)19(2)14(11)10-4-3-5-16-8-10/h3-6,8,11,14H,7H2,1-2H3,(H,17,21)/t11-,14-/m0/s1. The summed E-state index contributed by atoms with van der Waals surface area (Å²) in [5, 5.41) is 3.57. The molecule has 0 spiro atoms. The second-order valence-corrected chi connectivity index (χ2v) is 6.17. The van der Waals surface area contributed by atoms with Crippen molar-refractivity contribution in [1.82, 2.24) is 14.3 Å². The van der Waals surface area contributed by atoms with Gasteiger partial charge in [-0.3, -0.25) is 14.6 Å². The number of aryl methyl sites for hydroxylation is 1. The number of anilines is 1. The van der Waals surface area contributed by atoms with Crippen LogP contribution in [-0.4, -0.2) is 33.1 Å². The van der Waals surface area contributed by atoms with E-state index in [-0.39, 0.29) is 24.3 Å². The van der Waals surface area contributed by atoms with E-state index < -0.39 is 5.92 Å². The number of carbonyl (C=O) groups excluding carboxylic acids is 2. The van der Waals surface area contributed by atoms with Crippen LogP contribution in [0.5, 0.6) is 0 Å². The SMILES string of the molecule is Cc1cc(NC(=O)[C@H]2CC(=O)N(C)[C@H]2c2cccnc2)sn1. The van der Waals surface area contributed by atoms with Gasteiger partial charge in [-0.15, -0.1) is 0 Å². The highest BCUT2D eigenvalue weighted by Crippen LogP contribution is 2.37. The lowest BCUT2D eigenvalue weighted by Gasteiger charge is -2.24. The van der Waals surface area contributed by atoms with E-state index in [2.05, 4.69) is 14.7 Å². The van der Waals surface area contributed by atoms with Crippen LogP contribution in [-0.2, 0) is 9.59 Å². The lowest BCUT2D eigenvalue weighted by atomic mass is 9.94. The van der Waals surface area contributed by atoms with Crippen LogP contribution in [0.25, 0.3) is 0 Å². The fourth-order valence-corrected chi connectivity index (χ4v) is 3.41. The predicted octanol–water partition coefficient (Wildman–Crippen LogP) is 2.00. The third-order valence-electron chi connectivity index (χ3n) is 3.82. The molecular weight excluding hydrogens is 300 g/mol. The van der Waals surface area contributed by atoms with E-state index in [1.807, 2.05) is 25.1 Å². The Kier molecular flexibility index (Phi) is 3.89. The third kappa shape index (κ3) is 2.71. The number of carbonyl (C=O) groups is 2. The first-order valence-electron chi connectivity index (χ1n) is 6.96. The number of nitrogens with one attached hydrogen (secondary N) is 1. The molecule has 0 radical (unpaired) electrons. The molecule has 3 heterocycles. The Morgan fingerprint density at radius 2 is 2.32 bits per heavy atom. The van der Waals surface area contributed by atoms with E-state index in [4.69, 9.17) is 0 Å². The molecule has 6 nitrogen and oxygen atoms in total. The predicted molar refractivity (Wildman–Crippen MR) is 83.3 cm³/mol. The first-order valence-corrected chi connectivity index (χ1v) is 7.73. The lowest BCUT2D eigenvalue weighted by molar-refractivity contribution is -0.127. The minimum Gasteiger partial charge on any atom is -0.338 e. The second-order valence-electron chi connectivity index (χ2n) is 5.37. The molecule has 2 atom stereocenters. The van der Waals surface area contributed by atoms with Crippen LogP contribution in [0, 0.1) is 12.8 Å². The molecule has 114 valence electrons. The van der Waals surface area contributed by atoms with Crippen molar-refractivity contribution in [2.24, 2.45) is 5.92 Å². The van der Waals surface area contributed by atoms with Crippen LogP contribution >= 0.6 is 11.5 Å². The van der Waals surface area contributed by atoms with Crippen molar-refractivity contribution in [3.63, 3.8) is 0 Å². The summed E-state index contributed by atoms with van der Waals surface area (Å²) in [4.78, 5) is 30.3. The quantitative estimate of drug-likeness (QED) is 0.940. The Bertz CT molecular complexity index is 701. The Hall–Kier alpha value is -2.28. The van der Waals surface area contributed by atoms with Crippen LogP contribution in [0.2, 0.25) is 0 Å². The molecule has 0 aliphatic carbocycles. The smallest absolute Gasteiger partial charge is 0.231 e. The number of amides is 2. The van der Waals surface area contributed by atoms with Gasteiger partial charge in [0.25, 0.3) is 0 Å². The van der Waals surface area contributed by atoms with E-state index in [1.54, 1.807) is 24.3 Å². The summed E-state index contributed by atoms with van der Waals surface area (Å²) in [6.45, 7) is 1.87. The van der Waals surface area contributed by atoms with Crippen molar-refractivity contribution in [3.05, 3.63) is 41.9 Å². The van der Waals surface area contributed by atoms with E-state index in [0.717, 1.165) is 11.3 Å². The molecule has 2 aromatic heterocycles. The zero-order valence-electron chi connectivity index (χ0n) is 12.3. The van der Waals surface area contributed by atoms with Gasteiger partial charge in [0.1, 0.15) is 5.00 Å². The van der Waals surface area contributed by atoms with Crippen LogP contribution in [0.15, 0.2) is 30.6 Å². The summed E-state index contributed by atoms with van der Waals surface area (Å²) in [5.74, 6) is -0.617. The highest BCUT2D eigenvalue weighted by atomic mass is 32.1. The molecule has 1 aliphatic rings. The normalized spacial score (nSPS) is 21.2. The van der Waals surface area contributed by atoms with E-state index in [9.17, 15) is 9.59 Å². The molecule has 2 amide bonds. The molecule has 0 saturated carbocycles. The number of hydrogen-bond acceptors (Lipinski definition) is 5. The first-order chi connectivity index (χ1) is 10.6. The Balaban J connectivity index is 1.84. The van der Waals surface area contributed by atoms with Crippen molar-refractivity contribution >= 4 is 28.3 Å². The number of aromatic nitrogens is 2. The van der Waals surface area contributed by atoms with Crippen molar-refractivity contribution in [1.29, 1.82) is 0 Å². The van der Waals surface area contributed by atoms with Crippen molar-refractivity contribution < 1.29 is 9.59 Å². The Morgan fingerprint density at radius 3 is 2.95 bits per heavy atom. The van der Waals surface area contributed by atoms with Crippen LogP contribution in [0.1, 0.15) is 23.7 Å².